The molecule has 0 spiro atoms. The Balaban J connectivity index is 4.09. The standard InChI is InChI=1S/C18H36O5/c1-5-9-13-20-17(11-7-3)22-15-16(19)23-18(12-8-4)21-14-10-6-2/h17-18H,5-15H2,1-4H3. The van der Waals surface area contributed by atoms with E-state index >= 15 is 0 Å². The number of hydrogen-bond donors (Lipinski definition) is 0. The highest BCUT2D eigenvalue weighted by molar-refractivity contribution is 5.70. The Morgan fingerprint density at radius 3 is 1.78 bits per heavy atom. The molecule has 0 aromatic carbocycles. The van der Waals surface area contributed by atoms with E-state index in [9.17, 15) is 4.79 Å². The Hall–Kier alpha value is -0.650. The summed E-state index contributed by atoms with van der Waals surface area (Å²) in [5.41, 5.74) is 0. The lowest BCUT2D eigenvalue weighted by Gasteiger charge is -2.20. The van der Waals surface area contributed by atoms with Gasteiger partial charge in [-0.05, 0) is 19.3 Å². The maximum Gasteiger partial charge on any atom is 0.334 e. The van der Waals surface area contributed by atoms with Gasteiger partial charge in [0, 0.05) is 13.0 Å². The van der Waals surface area contributed by atoms with Gasteiger partial charge in [0.2, 0.25) is 6.29 Å². The first-order valence-electron chi connectivity index (χ1n) is 9.22. The van der Waals surface area contributed by atoms with Crippen molar-refractivity contribution >= 4 is 5.97 Å². The van der Waals surface area contributed by atoms with E-state index in [0.717, 1.165) is 44.9 Å². The van der Waals surface area contributed by atoms with Gasteiger partial charge in [-0.2, -0.15) is 0 Å². The second-order valence-corrected chi connectivity index (χ2v) is 5.69. The van der Waals surface area contributed by atoms with Gasteiger partial charge in [0.15, 0.2) is 6.29 Å². The molecule has 2 unspecified atom stereocenters. The second kappa shape index (κ2) is 16.2. The monoisotopic (exact) mass is 332 g/mol. The normalized spacial score (nSPS) is 13.7. The number of hydrogen-bond acceptors (Lipinski definition) is 5. The summed E-state index contributed by atoms with van der Waals surface area (Å²) in [7, 11) is 0. The average Bonchev–Trinajstić information content (AvgIpc) is 2.53. The van der Waals surface area contributed by atoms with Crippen LogP contribution < -0.4 is 0 Å². The summed E-state index contributed by atoms with van der Waals surface area (Å²) < 4.78 is 22.1. The van der Waals surface area contributed by atoms with Gasteiger partial charge >= 0.3 is 5.97 Å². The lowest BCUT2D eigenvalue weighted by atomic mass is 10.3. The van der Waals surface area contributed by atoms with Crippen LogP contribution in [0.25, 0.3) is 0 Å². The van der Waals surface area contributed by atoms with Crippen LogP contribution in [0.1, 0.15) is 79.1 Å². The summed E-state index contributed by atoms with van der Waals surface area (Å²) in [6.07, 6.45) is 6.66. The van der Waals surface area contributed by atoms with Gasteiger partial charge in [-0.25, -0.2) is 4.79 Å². The highest BCUT2D eigenvalue weighted by atomic mass is 16.7. The van der Waals surface area contributed by atoms with Crippen LogP contribution >= 0.6 is 0 Å². The van der Waals surface area contributed by atoms with E-state index in [1.54, 1.807) is 0 Å². The topological polar surface area (TPSA) is 54.0 Å². The molecule has 0 saturated carbocycles. The maximum absolute atomic E-state index is 11.9. The van der Waals surface area contributed by atoms with E-state index in [4.69, 9.17) is 18.9 Å². The van der Waals surface area contributed by atoms with Gasteiger partial charge < -0.3 is 18.9 Å². The van der Waals surface area contributed by atoms with E-state index in [2.05, 4.69) is 20.8 Å². The van der Waals surface area contributed by atoms with Crippen molar-refractivity contribution in [3.05, 3.63) is 0 Å². The Morgan fingerprint density at radius 2 is 1.26 bits per heavy atom. The molecule has 0 aliphatic carbocycles. The number of rotatable bonds is 16. The van der Waals surface area contributed by atoms with Crippen molar-refractivity contribution in [2.24, 2.45) is 0 Å². The van der Waals surface area contributed by atoms with Crippen molar-refractivity contribution in [3.8, 4) is 0 Å². The van der Waals surface area contributed by atoms with Gasteiger partial charge in [-0.1, -0.05) is 53.4 Å². The third-order valence-corrected chi connectivity index (χ3v) is 3.30. The summed E-state index contributed by atoms with van der Waals surface area (Å²) in [5, 5.41) is 0. The van der Waals surface area contributed by atoms with Crippen LogP contribution in [0, 0.1) is 0 Å². The zero-order valence-corrected chi connectivity index (χ0v) is 15.5. The predicted octanol–water partition coefficient (Wildman–Crippen LogP) is 4.43. The molecule has 0 aliphatic heterocycles. The average molecular weight is 332 g/mol. The molecule has 0 rings (SSSR count). The zero-order valence-electron chi connectivity index (χ0n) is 15.5. The summed E-state index contributed by atoms with van der Waals surface area (Å²) in [4.78, 5) is 11.9. The molecule has 0 aromatic heterocycles. The Labute approximate surface area is 142 Å². The van der Waals surface area contributed by atoms with Gasteiger partial charge in [-0.15, -0.1) is 0 Å². The smallest absolute Gasteiger partial charge is 0.334 e. The molecule has 138 valence electrons. The summed E-state index contributed by atoms with van der Waals surface area (Å²) in [6, 6.07) is 0. The molecular formula is C18H36O5. The Bertz CT molecular complexity index is 270. The molecular weight excluding hydrogens is 296 g/mol. The number of esters is 1. The highest BCUT2D eigenvalue weighted by Crippen LogP contribution is 2.09. The Morgan fingerprint density at radius 1 is 0.739 bits per heavy atom. The van der Waals surface area contributed by atoms with Gasteiger partial charge in [-0.3, -0.25) is 0 Å². The molecule has 0 bridgehead atoms. The minimum Gasteiger partial charge on any atom is -0.434 e. The molecule has 2 atom stereocenters. The Kier molecular flexibility index (Phi) is 15.8. The zero-order chi connectivity index (χ0) is 17.3. The minimum atomic E-state index is -0.465. The molecule has 0 amide bonds. The van der Waals surface area contributed by atoms with E-state index in [1.165, 1.54) is 0 Å². The first-order valence-corrected chi connectivity index (χ1v) is 9.22. The van der Waals surface area contributed by atoms with E-state index in [0.29, 0.717) is 19.6 Å². The number of ether oxygens (including phenoxy) is 4. The third-order valence-electron chi connectivity index (χ3n) is 3.30. The van der Waals surface area contributed by atoms with E-state index in [1.807, 2.05) is 6.92 Å². The summed E-state index contributed by atoms with van der Waals surface area (Å²) >= 11 is 0. The molecule has 23 heavy (non-hydrogen) atoms. The molecule has 0 saturated heterocycles. The molecule has 5 nitrogen and oxygen atoms in total. The highest BCUT2D eigenvalue weighted by Gasteiger charge is 2.16. The second-order valence-electron chi connectivity index (χ2n) is 5.69. The number of carbonyl (C=O) groups is 1. The molecule has 0 radical (unpaired) electrons. The minimum absolute atomic E-state index is 0.0891. The number of carbonyl (C=O) groups excluding carboxylic acids is 1. The van der Waals surface area contributed by atoms with Gasteiger partial charge in [0.05, 0.1) is 6.61 Å². The largest absolute Gasteiger partial charge is 0.434 e. The molecule has 5 heteroatoms. The van der Waals surface area contributed by atoms with Crippen LogP contribution in [-0.4, -0.2) is 38.4 Å². The predicted molar refractivity (Wildman–Crippen MR) is 91.2 cm³/mol. The van der Waals surface area contributed by atoms with Crippen molar-refractivity contribution in [2.45, 2.75) is 91.6 Å². The molecule has 0 aliphatic rings. The first-order chi connectivity index (χ1) is 11.2. The van der Waals surface area contributed by atoms with Crippen molar-refractivity contribution in [1.82, 2.24) is 0 Å². The van der Waals surface area contributed by atoms with Crippen LogP contribution in [0.4, 0.5) is 0 Å². The molecule has 0 heterocycles. The van der Waals surface area contributed by atoms with Gasteiger partial charge in [0.25, 0.3) is 0 Å². The molecule has 0 N–H and O–H groups in total. The lowest BCUT2D eigenvalue weighted by Crippen LogP contribution is -2.27. The third kappa shape index (κ3) is 13.5. The SMILES string of the molecule is CCCCOC(CCC)OCC(=O)OC(CCC)OCCCC. The quantitative estimate of drug-likeness (QED) is 0.238. The van der Waals surface area contributed by atoms with Gasteiger partial charge in [0.1, 0.15) is 6.61 Å². The fourth-order valence-corrected chi connectivity index (χ4v) is 1.92. The van der Waals surface area contributed by atoms with E-state index in [-0.39, 0.29) is 18.9 Å². The van der Waals surface area contributed by atoms with Crippen molar-refractivity contribution in [1.29, 1.82) is 0 Å². The van der Waals surface area contributed by atoms with Crippen LogP contribution in [0.5, 0.6) is 0 Å². The van der Waals surface area contributed by atoms with Crippen LogP contribution in [0.15, 0.2) is 0 Å². The van der Waals surface area contributed by atoms with Crippen LogP contribution in [0.2, 0.25) is 0 Å². The van der Waals surface area contributed by atoms with Crippen molar-refractivity contribution in [3.63, 3.8) is 0 Å². The summed E-state index contributed by atoms with van der Waals surface area (Å²) in [6.45, 7) is 9.51. The fourth-order valence-electron chi connectivity index (χ4n) is 1.92. The first kappa shape index (κ1) is 22.4. The van der Waals surface area contributed by atoms with E-state index < -0.39 is 6.29 Å². The van der Waals surface area contributed by atoms with Crippen molar-refractivity contribution in [2.75, 3.05) is 19.8 Å². The molecule has 0 aromatic rings. The number of unbranched alkanes of at least 4 members (excludes halogenated alkanes) is 2. The van der Waals surface area contributed by atoms with Crippen molar-refractivity contribution < 1.29 is 23.7 Å². The summed E-state index contributed by atoms with van der Waals surface area (Å²) in [5.74, 6) is -0.389. The lowest BCUT2D eigenvalue weighted by molar-refractivity contribution is -0.199. The fraction of sp³-hybridized carbons (Fsp3) is 0.944. The van der Waals surface area contributed by atoms with Crippen LogP contribution in [-0.2, 0) is 23.7 Å². The van der Waals surface area contributed by atoms with Crippen LogP contribution in [0.3, 0.4) is 0 Å². The molecule has 0 fully saturated rings. The maximum atomic E-state index is 11.9.